The predicted molar refractivity (Wildman–Crippen MR) is 70.9 cm³/mol. The highest BCUT2D eigenvalue weighted by Crippen LogP contribution is 2.14. The number of hydrogen-bond donors (Lipinski definition) is 1. The first kappa shape index (κ1) is 13.9. The van der Waals surface area contributed by atoms with E-state index in [1.54, 1.807) is 0 Å². The maximum Gasteiger partial charge on any atom is 0.0107 e. The van der Waals surface area contributed by atoms with Crippen molar-refractivity contribution in [1.29, 1.82) is 0 Å². The van der Waals surface area contributed by atoms with Crippen molar-refractivity contribution in [3.8, 4) is 0 Å². The van der Waals surface area contributed by atoms with E-state index in [1.165, 1.54) is 19.4 Å². The first-order chi connectivity index (χ1) is 7.50. The molecule has 0 spiro atoms. The van der Waals surface area contributed by atoms with E-state index in [1.807, 2.05) is 0 Å². The van der Waals surface area contributed by atoms with Gasteiger partial charge < -0.3 is 15.1 Å². The second-order valence-electron chi connectivity index (χ2n) is 5.58. The van der Waals surface area contributed by atoms with Gasteiger partial charge in [-0.15, -0.1) is 0 Å². The SMILES string of the molecule is CC(C)N(C)CCNC1CCN(C)C(C)C1. The zero-order valence-electron chi connectivity index (χ0n) is 11.7. The number of rotatable bonds is 5. The van der Waals surface area contributed by atoms with Gasteiger partial charge in [-0.05, 0) is 54.3 Å². The van der Waals surface area contributed by atoms with Crippen molar-refractivity contribution in [1.82, 2.24) is 15.1 Å². The largest absolute Gasteiger partial charge is 0.313 e. The van der Waals surface area contributed by atoms with Gasteiger partial charge in [-0.25, -0.2) is 0 Å². The highest BCUT2D eigenvalue weighted by Gasteiger charge is 2.21. The van der Waals surface area contributed by atoms with Gasteiger partial charge in [0.15, 0.2) is 0 Å². The third kappa shape index (κ3) is 4.40. The molecule has 0 amide bonds. The van der Waals surface area contributed by atoms with Crippen molar-refractivity contribution in [2.24, 2.45) is 0 Å². The van der Waals surface area contributed by atoms with E-state index in [0.29, 0.717) is 6.04 Å². The van der Waals surface area contributed by atoms with Crippen molar-refractivity contribution in [3.05, 3.63) is 0 Å². The van der Waals surface area contributed by atoms with E-state index in [9.17, 15) is 0 Å². The quantitative estimate of drug-likeness (QED) is 0.766. The molecular formula is C13H29N3. The fourth-order valence-corrected chi connectivity index (χ4v) is 2.18. The Kier molecular flexibility index (Phi) is 5.73. The summed E-state index contributed by atoms with van der Waals surface area (Å²) >= 11 is 0. The van der Waals surface area contributed by atoms with Crippen LogP contribution in [0.1, 0.15) is 33.6 Å². The molecule has 1 fully saturated rings. The molecule has 0 aromatic carbocycles. The van der Waals surface area contributed by atoms with E-state index in [4.69, 9.17) is 0 Å². The van der Waals surface area contributed by atoms with E-state index in [2.05, 4.69) is 50.0 Å². The van der Waals surface area contributed by atoms with Crippen LogP contribution in [0.2, 0.25) is 0 Å². The summed E-state index contributed by atoms with van der Waals surface area (Å²) in [5.74, 6) is 0. The summed E-state index contributed by atoms with van der Waals surface area (Å²) in [4.78, 5) is 4.85. The molecule has 2 atom stereocenters. The number of nitrogens with one attached hydrogen (secondary N) is 1. The number of nitrogens with zero attached hydrogens (tertiary/aromatic N) is 2. The molecule has 2 unspecified atom stereocenters. The molecule has 3 nitrogen and oxygen atoms in total. The molecule has 1 saturated heterocycles. The summed E-state index contributed by atoms with van der Waals surface area (Å²) in [6, 6.07) is 2.11. The lowest BCUT2D eigenvalue weighted by Crippen LogP contribution is -2.47. The Morgan fingerprint density at radius 3 is 2.69 bits per heavy atom. The molecule has 1 aliphatic rings. The van der Waals surface area contributed by atoms with Crippen LogP contribution >= 0.6 is 0 Å². The van der Waals surface area contributed by atoms with Crippen LogP contribution in [0.4, 0.5) is 0 Å². The fourth-order valence-electron chi connectivity index (χ4n) is 2.18. The molecule has 1 rings (SSSR count). The zero-order valence-corrected chi connectivity index (χ0v) is 11.7. The van der Waals surface area contributed by atoms with Gasteiger partial charge in [0.25, 0.3) is 0 Å². The van der Waals surface area contributed by atoms with E-state index >= 15 is 0 Å². The maximum atomic E-state index is 3.69. The van der Waals surface area contributed by atoms with Gasteiger partial charge in [0.2, 0.25) is 0 Å². The van der Waals surface area contributed by atoms with Gasteiger partial charge in [0.1, 0.15) is 0 Å². The minimum absolute atomic E-state index is 0.651. The Balaban J connectivity index is 2.14. The van der Waals surface area contributed by atoms with Gasteiger partial charge in [0.05, 0.1) is 0 Å². The summed E-state index contributed by atoms with van der Waals surface area (Å²) in [7, 11) is 4.43. The fraction of sp³-hybridized carbons (Fsp3) is 1.00. The number of hydrogen-bond acceptors (Lipinski definition) is 3. The summed E-state index contributed by atoms with van der Waals surface area (Å²) in [6.45, 7) is 10.3. The summed E-state index contributed by atoms with van der Waals surface area (Å²) < 4.78 is 0. The van der Waals surface area contributed by atoms with Crippen LogP contribution in [-0.4, -0.2) is 61.7 Å². The highest BCUT2D eigenvalue weighted by atomic mass is 15.2. The third-order valence-electron chi connectivity index (χ3n) is 3.99. The lowest BCUT2D eigenvalue weighted by molar-refractivity contribution is 0.165. The Morgan fingerprint density at radius 1 is 1.44 bits per heavy atom. The Hall–Kier alpha value is -0.120. The molecular weight excluding hydrogens is 198 g/mol. The topological polar surface area (TPSA) is 18.5 Å². The van der Waals surface area contributed by atoms with Gasteiger partial charge in [-0.1, -0.05) is 0 Å². The van der Waals surface area contributed by atoms with Crippen LogP contribution in [0.3, 0.4) is 0 Å². The average Bonchev–Trinajstić information content (AvgIpc) is 2.23. The van der Waals surface area contributed by atoms with E-state index in [0.717, 1.165) is 25.2 Å². The van der Waals surface area contributed by atoms with Crippen molar-refractivity contribution in [3.63, 3.8) is 0 Å². The molecule has 96 valence electrons. The van der Waals surface area contributed by atoms with Crippen molar-refractivity contribution in [2.75, 3.05) is 33.7 Å². The van der Waals surface area contributed by atoms with Crippen LogP contribution in [-0.2, 0) is 0 Å². The molecule has 0 aromatic rings. The number of likely N-dealkylation sites (tertiary alicyclic amines) is 1. The monoisotopic (exact) mass is 227 g/mol. The second-order valence-corrected chi connectivity index (χ2v) is 5.58. The van der Waals surface area contributed by atoms with Gasteiger partial charge in [-0.2, -0.15) is 0 Å². The lowest BCUT2D eigenvalue weighted by Gasteiger charge is -2.35. The molecule has 0 aromatic heterocycles. The average molecular weight is 227 g/mol. The normalized spacial score (nSPS) is 27.9. The van der Waals surface area contributed by atoms with Crippen LogP contribution in [0.15, 0.2) is 0 Å². The molecule has 3 heteroatoms. The molecule has 1 aliphatic heterocycles. The van der Waals surface area contributed by atoms with Crippen molar-refractivity contribution in [2.45, 2.75) is 51.7 Å². The van der Waals surface area contributed by atoms with E-state index < -0.39 is 0 Å². The van der Waals surface area contributed by atoms with Gasteiger partial charge in [-0.3, -0.25) is 0 Å². The minimum Gasteiger partial charge on any atom is -0.313 e. The van der Waals surface area contributed by atoms with Gasteiger partial charge >= 0.3 is 0 Å². The molecule has 0 saturated carbocycles. The predicted octanol–water partition coefficient (Wildman–Crippen LogP) is 1.40. The standard InChI is InChI=1S/C13H29N3/c1-11(2)15(4)9-7-14-13-6-8-16(5)12(3)10-13/h11-14H,6-10H2,1-5H3. The maximum absolute atomic E-state index is 3.69. The summed E-state index contributed by atoms with van der Waals surface area (Å²) in [5, 5.41) is 3.69. The van der Waals surface area contributed by atoms with Crippen LogP contribution in [0.5, 0.6) is 0 Å². The Morgan fingerprint density at radius 2 is 2.12 bits per heavy atom. The molecule has 0 radical (unpaired) electrons. The molecule has 16 heavy (non-hydrogen) atoms. The molecule has 1 heterocycles. The molecule has 1 N–H and O–H groups in total. The lowest BCUT2D eigenvalue weighted by atomic mass is 9.99. The number of piperidine rings is 1. The first-order valence-corrected chi connectivity index (χ1v) is 6.64. The Labute approximate surface area is 101 Å². The summed E-state index contributed by atoms with van der Waals surface area (Å²) in [5.41, 5.74) is 0. The van der Waals surface area contributed by atoms with Gasteiger partial charge in [0, 0.05) is 31.2 Å². The van der Waals surface area contributed by atoms with Crippen LogP contribution in [0, 0.1) is 0 Å². The minimum atomic E-state index is 0.651. The molecule has 0 bridgehead atoms. The van der Waals surface area contributed by atoms with Crippen LogP contribution in [0.25, 0.3) is 0 Å². The van der Waals surface area contributed by atoms with Crippen LogP contribution < -0.4 is 5.32 Å². The second kappa shape index (κ2) is 6.58. The summed E-state index contributed by atoms with van der Waals surface area (Å²) in [6.07, 6.45) is 2.59. The molecule has 0 aliphatic carbocycles. The van der Waals surface area contributed by atoms with Crippen molar-refractivity contribution >= 4 is 0 Å². The Bertz CT molecular complexity index is 194. The zero-order chi connectivity index (χ0) is 12.1. The third-order valence-corrected chi connectivity index (χ3v) is 3.99. The number of likely N-dealkylation sites (N-methyl/N-ethyl adjacent to an activating group) is 1. The highest BCUT2D eigenvalue weighted by molar-refractivity contribution is 4.81. The van der Waals surface area contributed by atoms with Crippen molar-refractivity contribution < 1.29 is 0 Å². The van der Waals surface area contributed by atoms with E-state index in [-0.39, 0.29) is 0 Å². The first-order valence-electron chi connectivity index (χ1n) is 6.64. The smallest absolute Gasteiger partial charge is 0.0107 e.